The van der Waals surface area contributed by atoms with Crippen LogP contribution in [0.5, 0.6) is 0 Å². The van der Waals surface area contributed by atoms with E-state index in [0.717, 1.165) is 25.1 Å². The average molecular weight is 374 g/mol. The summed E-state index contributed by atoms with van der Waals surface area (Å²) in [4.78, 5) is 50.8. The van der Waals surface area contributed by atoms with Crippen LogP contribution in [0.2, 0.25) is 0 Å². The predicted molar refractivity (Wildman–Crippen MR) is 97.4 cm³/mol. The second-order valence-corrected chi connectivity index (χ2v) is 6.71. The van der Waals surface area contributed by atoms with Gasteiger partial charge < -0.3 is 25.2 Å². The van der Waals surface area contributed by atoms with Gasteiger partial charge in [0.05, 0.1) is 23.5 Å². The molecule has 1 fully saturated rings. The molecule has 1 aromatic carbocycles. The summed E-state index contributed by atoms with van der Waals surface area (Å²) in [7, 11) is 3.15. The normalized spacial score (nSPS) is 17.5. The van der Waals surface area contributed by atoms with Gasteiger partial charge in [-0.15, -0.1) is 0 Å². The van der Waals surface area contributed by atoms with Crippen LogP contribution in [0, 0.1) is 0 Å². The Morgan fingerprint density at radius 1 is 1.33 bits per heavy atom. The first-order chi connectivity index (χ1) is 12.9. The quantitative estimate of drug-likeness (QED) is 0.701. The van der Waals surface area contributed by atoms with Gasteiger partial charge in [0.1, 0.15) is 6.04 Å². The number of rotatable bonds is 5. The Hall–Kier alpha value is -3.10. The number of ether oxygens (including phenoxy) is 1. The summed E-state index contributed by atoms with van der Waals surface area (Å²) < 4.78 is 4.98. The Balaban J connectivity index is 1.58. The molecule has 0 spiro atoms. The Kier molecular flexibility index (Phi) is 5.29. The fourth-order valence-corrected chi connectivity index (χ4v) is 3.16. The third kappa shape index (κ3) is 4.02. The first-order valence-electron chi connectivity index (χ1n) is 8.72. The topological polar surface area (TPSA) is 108 Å². The molecule has 1 aromatic rings. The van der Waals surface area contributed by atoms with Gasteiger partial charge in [-0.05, 0) is 31.0 Å². The van der Waals surface area contributed by atoms with Crippen LogP contribution in [0.3, 0.4) is 0 Å². The zero-order valence-electron chi connectivity index (χ0n) is 15.3. The number of carbonyl (C=O) groups is 4. The van der Waals surface area contributed by atoms with Crippen LogP contribution in [-0.4, -0.2) is 68.4 Å². The fraction of sp³-hybridized carbons (Fsp3) is 0.444. The summed E-state index contributed by atoms with van der Waals surface area (Å²) in [6.07, 6.45) is 1.77. The van der Waals surface area contributed by atoms with Gasteiger partial charge in [0.2, 0.25) is 11.8 Å². The molecular formula is C18H22N4O5. The number of anilines is 2. The maximum atomic E-state index is 12.2. The number of hydrogen-bond donors (Lipinski definition) is 2. The monoisotopic (exact) mass is 374 g/mol. The van der Waals surface area contributed by atoms with Crippen LogP contribution >= 0.6 is 0 Å². The lowest BCUT2D eigenvalue weighted by molar-refractivity contribution is -0.131. The molecule has 0 bridgehead atoms. The van der Waals surface area contributed by atoms with Gasteiger partial charge in [0.15, 0.2) is 6.61 Å². The zero-order chi connectivity index (χ0) is 19.6. The summed E-state index contributed by atoms with van der Waals surface area (Å²) in [6, 6.07) is 4.79. The van der Waals surface area contributed by atoms with E-state index in [9.17, 15) is 19.2 Å². The molecule has 2 aliphatic heterocycles. The molecule has 2 aliphatic rings. The minimum Gasteiger partial charge on any atom is -0.452 e. The van der Waals surface area contributed by atoms with Crippen molar-refractivity contribution in [3.8, 4) is 0 Å². The van der Waals surface area contributed by atoms with E-state index in [2.05, 4.69) is 10.6 Å². The van der Waals surface area contributed by atoms with Gasteiger partial charge in [-0.1, -0.05) is 0 Å². The van der Waals surface area contributed by atoms with Crippen molar-refractivity contribution in [2.75, 3.05) is 44.0 Å². The molecule has 144 valence electrons. The third-order valence-corrected chi connectivity index (χ3v) is 4.62. The highest BCUT2D eigenvalue weighted by atomic mass is 16.5. The third-order valence-electron chi connectivity index (χ3n) is 4.62. The Labute approximate surface area is 156 Å². The van der Waals surface area contributed by atoms with Crippen LogP contribution in [0.25, 0.3) is 0 Å². The Bertz CT molecular complexity index is 792. The smallest absolute Gasteiger partial charge is 0.338 e. The van der Waals surface area contributed by atoms with E-state index in [0.29, 0.717) is 5.69 Å². The zero-order valence-corrected chi connectivity index (χ0v) is 15.3. The number of nitrogens with one attached hydrogen (secondary N) is 2. The number of hydrogen-bond acceptors (Lipinski definition) is 6. The maximum absolute atomic E-state index is 12.2. The van der Waals surface area contributed by atoms with Gasteiger partial charge in [0.25, 0.3) is 5.91 Å². The standard InChI is InChI=1S/C18H22N4O5/c1-21(2)16(24)9-19-15(23)10-27-18(26)11-5-6-13-12(8-11)20-17(25)14-4-3-7-22(13)14/h5-6,8,14H,3-4,7,9-10H2,1-2H3,(H,19,23)(H,20,25)/t14-/m0/s1. The van der Waals surface area contributed by atoms with Crippen molar-refractivity contribution >= 4 is 35.1 Å². The van der Waals surface area contributed by atoms with Gasteiger partial charge in [0, 0.05) is 20.6 Å². The SMILES string of the molecule is CN(C)C(=O)CNC(=O)COC(=O)c1ccc2c(c1)NC(=O)[C@@H]1CCCN21. The van der Waals surface area contributed by atoms with Crippen molar-refractivity contribution in [1.82, 2.24) is 10.2 Å². The molecule has 0 aromatic heterocycles. The predicted octanol–water partition coefficient (Wildman–Crippen LogP) is -0.0313. The molecule has 1 atom stereocenters. The first-order valence-corrected chi connectivity index (χ1v) is 8.72. The molecule has 2 heterocycles. The molecule has 0 radical (unpaired) electrons. The van der Waals surface area contributed by atoms with E-state index in [1.165, 1.54) is 4.90 Å². The lowest BCUT2D eigenvalue weighted by atomic mass is 10.1. The van der Waals surface area contributed by atoms with Gasteiger partial charge >= 0.3 is 5.97 Å². The second-order valence-electron chi connectivity index (χ2n) is 6.71. The molecule has 9 heteroatoms. The molecule has 1 saturated heterocycles. The van der Waals surface area contributed by atoms with Crippen LogP contribution in [0.15, 0.2) is 18.2 Å². The number of carbonyl (C=O) groups excluding carboxylic acids is 4. The Morgan fingerprint density at radius 2 is 2.11 bits per heavy atom. The molecule has 0 aliphatic carbocycles. The van der Waals surface area contributed by atoms with E-state index in [4.69, 9.17) is 4.74 Å². The second kappa shape index (κ2) is 7.65. The summed E-state index contributed by atoms with van der Waals surface area (Å²) in [6.45, 7) is 0.156. The van der Waals surface area contributed by atoms with Crippen molar-refractivity contribution in [2.45, 2.75) is 18.9 Å². The van der Waals surface area contributed by atoms with E-state index in [1.807, 2.05) is 4.90 Å². The minimum absolute atomic E-state index is 0.0737. The van der Waals surface area contributed by atoms with Gasteiger partial charge in [-0.2, -0.15) is 0 Å². The van der Waals surface area contributed by atoms with Crippen LogP contribution in [0.1, 0.15) is 23.2 Å². The maximum Gasteiger partial charge on any atom is 0.338 e. The van der Waals surface area contributed by atoms with Crippen molar-refractivity contribution in [3.63, 3.8) is 0 Å². The van der Waals surface area contributed by atoms with Gasteiger partial charge in [-0.25, -0.2) is 4.79 Å². The number of fused-ring (bicyclic) bond motifs is 3. The summed E-state index contributed by atoms with van der Waals surface area (Å²) in [5.41, 5.74) is 1.69. The molecule has 3 rings (SSSR count). The van der Waals surface area contributed by atoms with Crippen molar-refractivity contribution < 1.29 is 23.9 Å². The number of benzene rings is 1. The molecule has 2 N–H and O–H groups in total. The summed E-state index contributed by atoms with van der Waals surface area (Å²) >= 11 is 0. The average Bonchev–Trinajstić information content (AvgIpc) is 3.14. The lowest BCUT2D eigenvalue weighted by Gasteiger charge is -2.33. The molecule has 0 saturated carbocycles. The lowest BCUT2D eigenvalue weighted by Crippen LogP contribution is -2.43. The van der Waals surface area contributed by atoms with E-state index in [1.54, 1.807) is 32.3 Å². The number of nitrogens with zero attached hydrogens (tertiary/aromatic N) is 2. The molecule has 3 amide bonds. The first kappa shape index (κ1) is 18.7. The number of esters is 1. The Morgan fingerprint density at radius 3 is 2.85 bits per heavy atom. The minimum atomic E-state index is -0.676. The van der Waals surface area contributed by atoms with Crippen molar-refractivity contribution in [2.24, 2.45) is 0 Å². The van der Waals surface area contributed by atoms with Crippen LogP contribution < -0.4 is 15.5 Å². The van der Waals surface area contributed by atoms with Crippen molar-refractivity contribution in [3.05, 3.63) is 23.8 Å². The van der Waals surface area contributed by atoms with E-state index < -0.39 is 18.5 Å². The van der Waals surface area contributed by atoms with Crippen LogP contribution in [0.4, 0.5) is 11.4 Å². The van der Waals surface area contributed by atoms with Crippen LogP contribution in [-0.2, 0) is 19.1 Å². The van der Waals surface area contributed by atoms with Gasteiger partial charge in [-0.3, -0.25) is 14.4 Å². The molecular weight excluding hydrogens is 352 g/mol. The highest BCUT2D eigenvalue weighted by molar-refractivity contribution is 6.05. The summed E-state index contributed by atoms with van der Waals surface area (Å²) in [5, 5.41) is 5.21. The number of likely N-dealkylation sites (N-methyl/N-ethyl adjacent to an activating group) is 1. The molecule has 0 unspecified atom stereocenters. The highest BCUT2D eigenvalue weighted by Gasteiger charge is 2.36. The molecule has 27 heavy (non-hydrogen) atoms. The van der Waals surface area contributed by atoms with Crippen molar-refractivity contribution in [1.29, 1.82) is 0 Å². The van der Waals surface area contributed by atoms with E-state index in [-0.39, 0.29) is 30.0 Å². The highest BCUT2D eigenvalue weighted by Crippen LogP contribution is 2.37. The summed E-state index contributed by atoms with van der Waals surface area (Å²) in [5.74, 6) is -1.58. The van der Waals surface area contributed by atoms with E-state index >= 15 is 0 Å². The number of amides is 3. The fourth-order valence-electron chi connectivity index (χ4n) is 3.16. The largest absolute Gasteiger partial charge is 0.452 e. The molecule has 9 nitrogen and oxygen atoms in total.